The second kappa shape index (κ2) is 6.54. The Bertz CT molecular complexity index is 528. The van der Waals surface area contributed by atoms with Gasteiger partial charge in [-0.2, -0.15) is 5.26 Å². The van der Waals surface area contributed by atoms with E-state index in [0.717, 1.165) is 0 Å². The van der Waals surface area contributed by atoms with Crippen molar-refractivity contribution in [3.63, 3.8) is 0 Å². The quantitative estimate of drug-likeness (QED) is 0.812. The molecule has 0 spiro atoms. The minimum absolute atomic E-state index is 0.193. The lowest BCUT2D eigenvalue weighted by molar-refractivity contribution is -0.121. The summed E-state index contributed by atoms with van der Waals surface area (Å²) >= 11 is 5.89. The molecule has 2 N–H and O–H groups in total. The number of nitrogens with zero attached hydrogens (tertiary/aromatic N) is 1. The van der Waals surface area contributed by atoms with Crippen molar-refractivity contribution in [3.05, 3.63) is 28.8 Å². The SMILES string of the molecule is C#CCNC(=O)C(C)Nc1ccc(C#N)c(Cl)c1. The summed E-state index contributed by atoms with van der Waals surface area (Å²) in [5, 5.41) is 14.6. The Kier molecular flexibility index (Phi) is 5.05. The molecule has 4 nitrogen and oxygen atoms in total. The van der Waals surface area contributed by atoms with Crippen LogP contribution in [0, 0.1) is 23.7 Å². The molecule has 0 saturated heterocycles. The van der Waals surface area contributed by atoms with Crippen molar-refractivity contribution in [3.8, 4) is 18.4 Å². The Balaban J connectivity index is 2.68. The van der Waals surface area contributed by atoms with Gasteiger partial charge in [0.2, 0.25) is 5.91 Å². The maximum atomic E-state index is 11.6. The van der Waals surface area contributed by atoms with E-state index in [1.807, 2.05) is 6.07 Å². The van der Waals surface area contributed by atoms with Gasteiger partial charge in [0.25, 0.3) is 0 Å². The lowest BCUT2D eigenvalue weighted by Crippen LogP contribution is -2.37. The largest absolute Gasteiger partial charge is 0.374 e. The Labute approximate surface area is 111 Å². The van der Waals surface area contributed by atoms with Crippen molar-refractivity contribution in [2.24, 2.45) is 0 Å². The predicted octanol–water partition coefficient (Wildman–Crippen LogP) is 1.76. The first-order valence-electron chi connectivity index (χ1n) is 5.26. The first-order valence-corrected chi connectivity index (χ1v) is 5.63. The Morgan fingerprint density at radius 3 is 2.89 bits per heavy atom. The molecule has 0 radical (unpaired) electrons. The number of nitrogens with one attached hydrogen (secondary N) is 2. The zero-order valence-electron chi connectivity index (χ0n) is 9.83. The summed E-state index contributed by atoms with van der Waals surface area (Å²) in [5.41, 5.74) is 1.06. The lowest BCUT2D eigenvalue weighted by atomic mass is 10.2. The number of hydrogen-bond donors (Lipinski definition) is 2. The van der Waals surface area contributed by atoms with E-state index in [4.69, 9.17) is 23.3 Å². The van der Waals surface area contributed by atoms with Crippen LogP contribution in [0.4, 0.5) is 5.69 Å². The summed E-state index contributed by atoms with van der Waals surface area (Å²) in [6.07, 6.45) is 5.05. The van der Waals surface area contributed by atoms with Gasteiger partial charge in [-0.15, -0.1) is 6.42 Å². The van der Waals surface area contributed by atoms with Crippen molar-refractivity contribution < 1.29 is 4.79 Å². The number of carbonyl (C=O) groups is 1. The molecule has 0 aromatic heterocycles. The van der Waals surface area contributed by atoms with Crippen LogP contribution in [-0.4, -0.2) is 18.5 Å². The Morgan fingerprint density at radius 2 is 2.33 bits per heavy atom. The molecule has 0 bridgehead atoms. The fraction of sp³-hybridized carbons (Fsp3) is 0.231. The molecule has 1 aromatic carbocycles. The van der Waals surface area contributed by atoms with Crippen molar-refractivity contribution in [2.75, 3.05) is 11.9 Å². The normalized spacial score (nSPS) is 10.9. The van der Waals surface area contributed by atoms with E-state index in [1.54, 1.807) is 25.1 Å². The number of rotatable bonds is 4. The monoisotopic (exact) mass is 261 g/mol. The first-order chi connectivity index (χ1) is 8.58. The predicted molar refractivity (Wildman–Crippen MR) is 71.1 cm³/mol. The van der Waals surface area contributed by atoms with Crippen LogP contribution < -0.4 is 10.6 Å². The molecule has 0 aliphatic carbocycles. The van der Waals surface area contributed by atoms with Gasteiger partial charge in [-0.05, 0) is 25.1 Å². The smallest absolute Gasteiger partial charge is 0.242 e. The van der Waals surface area contributed by atoms with Gasteiger partial charge < -0.3 is 10.6 Å². The molecular weight excluding hydrogens is 250 g/mol. The summed E-state index contributed by atoms with van der Waals surface area (Å²) in [7, 11) is 0. The standard InChI is InChI=1S/C13H12ClN3O/c1-3-6-16-13(18)9(2)17-11-5-4-10(8-15)12(14)7-11/h1,4-5,7,9,17H,6H2,2H3,(H,16,18). The van der Waals surface area contributed by atoms with E-state index in [0.29, 0.717) is 16.3 Å². The molecule has 0 aliphatic heterocycles. The summed E-state index contributed by atoms with van der Waals surface area (Å²) in [5.74, 6) is 2.12. The molecule has 5 heteroatoms. The van der Waals surface area contributed by atoms with Gasteiger partial charge in [0, 0.05) is 5.69 Å². The van der Waals surface area contributed by atoms with Crippen molar-refractivity contribution in [1.82, 2.24) is 5.32 Å². The van der Waals surface area contributed by atoms with Crippen LogP contribution in [0.25, 0.3) is 0 Å². The highest BCUT2D eigenvalue weighted by Crippen LogP contribution is 2.20. The summed E-state index contributed by atoms with van der Waals surface area (Å²) < 4.78 is 0. The minimum Gasteiger partial charge on any atom is -0.374 e. The minimum atomic E-state index is -0.442. The zero-order valence-corrected chi connectivity index (χ0v) is 10.6. The van der Waals surface area contributed by atoms with Crippen LogP contribution in [0.15, 0.2) is 18.2 Å². The Morgan fingerprint density at radius 1 is 1.61 bits per heavy atom. The number of benzene rings is 1. The lowest BCUT2D eigenvalue weighted by Gasteiger charge is -2.14. The van der Waals surface area contributed by atoms with E-state index in [1.165, 1.54) is 0 Å². The van der Waals surface area contributed by atoms with Gasteiger partial charge in [0.15, 0.2) is 0 Å². The third-order valence-electron chi connectivity index (χ3n) is 2.23. The average molecular weight is 262 g/mol. The van der Waals surface area contributed by atoms with Crippen LogP contribution in [0.3, 0.4) is 0 Å². The highest BCUT2D eigenvalue weighted by atomic mass is 35.5. The number of terminal acetylenes is 1. The van der Waals surface area contributed by atoms with Crippen LogP contribution in [0.2, 0.25) is 5.02 Å². The van der Waals surface area contributed by atoms with Crippen LogP contribution in [-0.2, 0) is 4.79 Å². The molecular formula is C13H12ClN3O. The summed E-state index contributed by atoms with van der Waals surface area (Å²) in [4.78, 5) is 11.6. The van der Waals surface area contributed by atoms with E-state index >= 15 is 0 Å². The molecule has 0 heterocycles. The second-order valence-corrected chi connectivity index (χ2v) is 4.00. The van der Waals surface area contributed by atoms with Crippen LogP contribution in [0.5, 0.6) is 0 Å². The van der Waals surface area contributed by atoms with Gasteiger partial charge in [0.05, 0.1) is 17.1 Å². The van der Waals surface area contributed by atoms with Gasteiger partial charge in [-0.25, -0.2) is 0 Å². The highest BCUT2D eigenvalue weighted by molar-refractivity contribution is 6.32. The molecule has 0 aliphatic rings. The van der Waals surface area contributed by atoms with E-state index < -0.39 is 6.04 Å². The average Bonchev–Trinajstić information content (AvgIpc) is 2.36. The summed E-state index contributed by atoms with van der Waals surface area (Å²) in [6, 6.07) is 6.41. The Hall–Kier alpha value is -2.17. The van der Waals surface area contributed by atoms with Crippen LogP contribution >= 0.6 is 11.6 Å². The van der Waals surface area contributed by atoms with Gasteiger partial charge in [0.1, 0.15) is 12.1 Å². The molecule has 1 rings (SSSR count). The third-order valence-corrected chi connectivity index (χ3v) is 2.54. The number of carbonyl (C=O) groups excluding carboxylic acids is 1. The number of nitriles is 1. The number of hydrogen-bond acceptors (Lipinski definition) is 3. The van der Waals surface area contributed by atoms with Crippen molar-refractivity contribution in [2.45, 2.75) is 13.0 Å². The molecule has 92 valence electrons. The van der Waals surface area contributed by atoms with E-state index in [2.05, 4.69) is 16.6 Å². The number of anilines is 1. The topological polar surface area (TPSA) is 64.9 Å². The number of halogens is 1. The first kappa shape index (κ1) is 13.9. The summed E-state index contributed by atoms with van der Waals surface area (Å²) in [6.45, 7) is 1.90. The van der Waals surface area contributed by atoms with Gasteiger partial charge in [-0.1, -0.05) is 17.5 Å². The zero-order chi connectivity index (χ0) is 13.5. The second-order valence-electron chi connectivity index (χ2n) is 3.59. The molecule has 18 heavy (non-hydrogen) atoms. The number of amides is 1. The van der Waals surface area contributed by atoms with Gasteiger partial charge in [-0.3, -0.25) is 4.79 Å². The molecule has 1 atom stereocenters. The van der Waals surface area contributed by atoms with E-state index in [9.17, 15) is 4.79 Å². The third kappa shape index (κ3) is 3.69. The fourth-order valence-electron chi connectivity index (χ4n) is 1.30. The maximum Gasteiger partial charge on any atom is 0.242 e. The molecule has 1 amide bonds. The van der Waals surface area contributed by atoms with Crippen molar-refractivity contribution >= 4 is 23.2 Å². The van der Waals surface area contributed by atoms with E-state index in [-0.39, 0.29) is 12.5 Å². The van der Waals surface area contributed by atoms with Crippen LogP contribution in [0.1, 0.15) is 12.5 Å². The highest BCUT2D eigenvalue weighted by Gasteiger charge is 2.12. The molecule has 0 fully saturated rings. The maximum absolute atomic E-state index is 11.6. The molecule has 1 unspecified atom stereocenters. The van der Waals surface area contributed by atoms with Gasteiger partial charge >= 0.3 is 0 Å². The molecule has 1 aromatic rings. The van der Waals surface area contributed by atoms with Crippen molar-refractivity contribution in [1.29, 1.82) is 5.26 Å². The fourth-order valence-corrected chi connectivity index (χ4v) is 1.53. The molecule has 0 saturated carbocycles.